The van der Waals surface area contributed by atoms with Gasteiger partial charge in [-0.25, -0.2) is 9.79 Å². The van der Waals surface area contributed by atoms with Crippen molar-refractivity contribution >= 4 is 29.1 Å². The standard InChI is InChI=1S/C24H27N5O3S/c1-7-32-23(31)20-15(3)25-24-29(21(20)16-8-10-18(11-9-16)27(4)5)22(30)19(33-24)12-17-13-28(6)26-14(17)2/h8-13,21H,7H2,1-6H3/b19-12-/t21-/m0/s1. The number of carbonyl (C=O) groups is 1. The molecule has 0 unspecified atom stereocenters. The van der Waals surface area contributed by atoms with Crippen LogP contribution in [0.3, 0.4) is 0 Å². The highest BCUT2D eigenvalue weighted by Gasteiger charge is 2.33. The molecule has 1 aliphatic rings. The van der Waals surface area contributed by atoms with Crippen molar-refractivity contribution in [2.45, 2.75) is 26.8 Å². The molecule has 0 N–H and O–H groups in total. The second-order valence-corrected chi connectivity index (χ2v) is 9.14. The van der Waals surface area contributed by atoms with Crippen LogP contribution in [0.25, 0.3) is 6.08 Å². The molecule has 3 aromatic rings. The quantitative estimate of drug-likeness (QED) is 0.538. The lowest BCUT2D eigenvalue weighted by atomic mass is 9.95. The average Bonchev–Trinajstić information content (AvgIpc) is 3.24. The van der Waals surface area contributed by atoms with E-state index < -0.39 is 12.0 Å². The van der Waals surface area contributed by atoms with E-state index in [4.69, 9.17) is 4.74 Å². The van der Waals surface area contributed by atoms with Gasteiger partial charge in [-0.3, -0.25) is 14.0 Å². The first-order valence-electron chi connectivity index (χ1n) is 10.7. The van der Waals surface area contributed by atoms with Crippen LogP contribution in [-0.2, 0) is 16.6 Å². The number of nitrogens with zero attached hydrogens (tertiary/aromatic N) is 5. The summed E-state index contributed by atoms with van der Waals surface area (Å²) < 4.78 is 9.21. The number of fused-ring (bicyclic) bond motifs is 1. The van der Waals surface area contributed by atoms with Gasteiger partial charge in [0, 0.05) is 38.6 Å². The van der Waals surface area contributed by atoms with E-state index in [1.807, 2.05) is 69.5 Å². The molecule has 0 fully saturated rings. The number of ether oxygens (including phenoxy) is 1. The van der Waals surface area contributed by atoms with E-state index in [2.05, 4.69) is 10.1 Å². The van der Waals surface area contributed by atoms with Gasteiger partial charge in [-0.1, -0.05) is 23.5 Å². The third-order valence-electron chi connectivity index (χ3n) is 5.58. The number of hydrogen-bond donors (Lipinski definition) is 0. The minimum Gasteiger partial charge on any atom is -0.463 e. The topological polar surface area (TPSA) is 81.7 Å². The number of benzene rings is 1. The van der Waals surface area contributed by atoms with Gasteiger partial charge in [-0.2, -0.15) is 5.10 Å². The third kappa shape index (κ3) is 4.16. The molecule has 0 spiro atoms. The molecule has 33 heavy (non-hydrogen) atoms. The summed E-state index contributed by atoms with van der Waals surface area (Å²) >= 11 is 1.31. The minimum absolute atomic E-state index is 0.196. The summed E-state index contributed by atoms with van der Waals surface area (Å²) in [6, 6.07) is 7.22. The van der Waals surface area contributed by atoms with Crippen molar-refractivity contribution < 1.29 is 9.53 Å². The van der Waals surface area contributed by atoms with Gasteiger partial charge >= 0.3 is 5.97 Å². The van der Waals surface area contributed by atoms with Gasteiger partial charge in [0.05, 0.1) is 34.1 Å². The van der Waals surface area contributed by atoms with Crippen molar-refractivity contribution in [2.75, 3.05) is 25.6 Å². The molecule has 4 rings (SSSR count). The summed E-state index contributed by atoms with van der Waals surface area (Å²) in [7, 11) is 5.78. The number of esters is 1. The summed E-state index contributed by atoms with van der Waals surface area (Å²) in [6.07, 6.45) is 3.71. The number of allylic oxidation sites excluding steroid dienone is 1. The zero-order valence-corrected chi connectivity index (χ0v) is 20.4. The molecule has 9 heteroatoms. The Bertz CT molecular complexity index is 1420. The number of thiazole rings is 1. The van der Waals surface area contributed by atoms with Crippen molar-refractivity contribution in [1.29, 1.82) is 0 Å². The Balaban J connectivity index is 1.95. The molecule has 0 saturated carbocycles. The summed E-state index contributed by atoms with van der Waals surface area (Å²) in [5.74, 6) is -0.460. The van der Waals surface area contributed by atoms with Gasteiger partial charge in [-0.05, 0) is 44.5 Å². The predicted octanol–water partition coefficient (Wildman–Crippen LogP) is 1.91. The molecular weight excluding hydrogens is 438 g/mol. The Labute approximate surface area is 195 Å². The first-order valence-corrected chi connectivity index (χ1v) is 11.5. The van der Waals surface area contributed by atoms with E-state index >= 15 is 0 Å². The van der Waals surface area contributed by atoms with Crippen LogP contribution in [0, 0.1) is 6.92 Å². The van der Waals surface area contributed by atoms with Gasteiger partial charge in [0.2, 0.25) is 0 Å². The van der Waals surface area contributed by atoms with E-state index in [9.17, 15) is 9.59 Å². The van der Waals surface area contributed by atoms with Crippen LogP contribution in [0.2, 0.25) is 0 Å². The molecule has 0 bridgehead atoms. The van der Waals surface area contributed by atoms with Crippen molar-refractivity contribution in [3.8, 4) is 0 Å². The second kappa shape index (κ2) is 8.82. The Hall–Kier alpha value is -3.46. The van der Waals surface area contributed by atoms with Crippen molar-refractivity contribution in [1.82, 2.24) is 14.3 Å². The molecule has 2 aromatic heterocycles. The molecule has 1 atom stereocenters. The average molecular weight is 466 g/mol. The Morgan fingerprint density at radius 1 is 1.24 bits per heavy atom. The molecule has 3 heterocycles. The molecule has 0 radical (unpaired) electrons. The number of aryl methyl sites for hydroxylation is 2. The van der Waals surface area contributed by atoms with Crippen molar-refractivity contribution in [2.24, 2.45) is 12.0 Å². The molecule has 0 amide bonds. The lowest BCUT2D eigenvalue weighted by Crippen LogP contribution is -2.40. The molecule has 1 aliphatic heterocycles. The monoisotopic (exact) mass is 465 g/mol. The fourth-order valence-corrected chi connectivity index (χ4v) is 5.00. The van der Waals surface area contributed by atoms with E-state index in [-0.39, 0.29) is 12.2 Å². The van der Waals surface area contributed by atoms with Crippen LogP contribution in [0.5, 0.6) is 0 Å². The molecule has 0 aliphatic carbocycles. The normalized spacial score (nSPS) is 15.9. The minimum atomic E-state index is -0.617. The van der Waals surface area contributed by atoms with Crippen LogP contribution in [0.15, 0.2) is 51.5 Å². The number of aromatic nitrogens is 3. The van der Waals surface area contributed by atoms with Gasteiger partial charge in [-0.15, -0.1) is 0 Å². The largest absolute Gasteiger partial charge is 0.463 e. The number of hydrogen-bond acceptors (Lipinski definition) is 7. The molecule has 172 valence electrons. The van der Waals surface area contributed by atoms with E-state index in [0.29, 0.717) is 20.6 Å². The summed E-state index contributed by atoms with van der Waals surface area (Å²) in [6.45, 7) is 5.70. The third-order valence-corrected chi connectivity index (χ3v) is 6.56. The lowest BCUT2D eigenvalue weighted by molar-refractivity contribution is -0.139. The van der Waals surface area contributed by atoms with Crippen LogP contribution in [-0.4, -0.2) is 41.0 Å². The van der Waals surface area contributed by atoms with E-state index in [1.54, 1.807) is 23.1 Å². The van der Waals surface area contributed by atoms with E-state index in [1.165, 1.54) is 11.3 Å². The SMILES string of the molecule is CCOC(=O)C1=C(C)N=c2s/c(=C\c3cn(C)nc3C)c(=O)n2[C@H]1c1ccc(N(C)C)cc1. The smallest absolute Gasteiger partial charge is 0.338 e. The zero-order valence-electron chi connectivity index (χ0n) is 19.6. The fourth-order valence-electron chi connectivity index (χ4n) is 3.96. The number of carbonyl (C=O) groups excluding carboxylic acids is 1. The fraction of sp³-hybridized carbons (Fsp3) is 0.333. The number of anilines is 1. The van der Waals surface area contributed by atoms with Crippen LogP contribution < -0.4 is 19.8 Å². The lowest BCUT2D eigenvalue weighted by Gasteiger charge is -2.25. The molecule has 0 saturated heterocycles. The summed E-state index contributed by atoms with van der Waals surface area (Å²) in [4.78, 5) is 33.7. The first kappa shape index (κ1) is 22.7. The summed E-state index contributed by atoms with van der Waals surface area (Å²) in [5, 5.41) is 4.36. The highest BCUT2D eigenvalue weighted by atomic mass is 32.1. The van der Waals surface area contributed by atoms with Gasteiger partial charge < -0.3 is 9.64 Å². The molecular formula is C24H27N5O3S. The Kier molecular flexibility index (Phi) is 6.07. The maximum absolute atomic E-state index is 13.6. The van der Waals surface area contributed by atoms with Crippen molar-refractivity contribution in [3.63, 3.8) is 0 Å². The maximum atomic E-state index is 13.6. The number of rotatable bonds is 5. The Morgan fingerprint density at radius 3 is 2.52 bits per heavy atom. The van der Waals surface area contributed by atoms with Gasteiger partial charge in [0.25, 0.3) is 5.56 Å². The molecule has 1 aromatic carbocycles. The van der Waals surface area contributed by atoms with Crippen LogP contribution >= 0.6 is 11.3 Å². The van der Waals surface area contributed by atoms with Crippen LogP contribution in [0.1, 0.15) is 36.7 Å². The van der Waals surface area contributed by atoms with Gasteiger partial charge in [0.15, 0.2) is 4.80 Å². The predicted molar refractivity (Wildman–Crippen MR) is 129 cm³/mol. The van der Waals surface area contributed by atoms with Gasteiger partial charge in [0.1, 0.15) is 0 Å². The zero-order chi connectivity index (χ0) is 23.9. The van der Waals surface area contributed by atoms with Crippen LogP contribution in [0.4, 0.5) is 5.69 Å². The van der Waals surface area contributed by atoms with E-state index in [0.717, 1.165) is 22.5 Å². The first-order chi connectivity index (χ1) is 15.7. The highest BCUT2D eigenvalue weighted by molar-refractivity contribution is 7.07. The second-order valence-electron chi connectivity index (χ2n) is 8.13. The highest BCUT2D eigenvalue weighted by Crippen LogP contribution is 2.31. The maximum Gasteiger partial charge on any atom is 0.338 e. The molecule has 8 nitrogen and oxygen atoms in total. The summed E-state index contributed by atoms with van der Waals surface area (Å²) in [5.41, 5.74) is 4.29. The Morgan fingerprint density at radius 2 is 1.94 bits per heavy atom. The van der Waals surface area contributed by atoms with Crippen molar-refractivity contribution in [3.05, 3.63) is 78.2 Å².